The van der Waals surface area contributed by atoms with Crippen LogP contribution in [-0.4, -0.2) is 49.8 Å². The van der Waals surface area contributed by atoms with E-state index in [0.29, 0.717) is 22.9 Å². The second-order valence-corrected chi connectivity index (χ2v) is 8.82. The highest BCUT2D eigenvalue weighted by Crippen LogP contribution is 2.30. The summed E-state index contributed by atoms with van der Waals surface area (Å²) in [6, 6.07) is 12.9. The van der Waals surface area contributed by atoms with E-state index in [1.807, 2.05) is 42.1 Å². The summed E-state index contributed by atoms with van der Waals surface area (Å²) in [5.74, 6) is 2.79. The Balaban J connectivity index is 1.34. The molecule has 1 atom stereocenters. The van der Waals surface area contributed by atoms with Gasteiger partial charge >= 0.3 is 0 Å². The molecule has 0 aromatic heterocycles. The molecule has 4 rings (SSSR count). The molecule has 7 heteroatoms. The van der Waals surface area contributed by atoms with Gasteiger partial charge in [0.1, 0.15) is 12.4 Å². The smallest absolute Gasteiger partial charge is 0.255 e. The number of thioether (sulfide) groups is 1. The zero-order valence-electron chi connectivity index (χ0n) is 16.2. The van der Waals surface area contributed by atoms with Crippen molar-refractivity contribution in [2.45, 2.75) is 18.9 Å². The third kappa shape index (κ3) is 5.38. The van der Waals surface area contributed by atoms with Gasteiger partial charge in [-0.25, -0.2) is 0 Å². The Morgan fingerprint density at radius 3 is 2.69 bits per heavy atom. The molecule has 5 nitrogen and oxygen atoms in total. The van der Waals surface area contributed by atoms with Gasteiger partial charge in [0.05, 0.1) is 16.8 Å². The van der Waals surface area contributed by atoms with Crippen molar-refractivity contribution < 1.29 is 14.3 Å². The first-order valence-corrected chi connectivity index (χ1v) is 11.5. The topological polar surface area (TPSA) is 50.8 Å². The molecule has 29 heavy (non-hydrogen) atoms. The van der Waals surface area contributed by atoms with Gasteiger partial charge in [0.2, 0.25) is 0 Å². The van der Waals surface area contributed by atoms with E-state index in [1.54, 1.807) is 12.1 Å². The maximum Gasteiger partial charge on any atom is 0.255 e. The highest BCUT2D eigenvalue weighted by atomic mass is 35.5. The molecule has 154 valence electrons. The number of rotatable bonds is 6. The minimum Gasteiger partial charge on any atom is -0.491 e. The van der Waals surface area contributed by atoms with Crippen molar-refractivity contribution in [3.63, 3.8) is 0 Å². The van der Waals surface area contributed by atoms with Gasteiger partial charge in [-0.3, -0.25) is 4.79 Å². The molecule has 1 N–H and O–H groups in total. The number of anilines is 2. The standard InChI is InChI=1S/C22H25ClN2O3S/c23-20-14-17(5-8-21(20)25-9-12-29-13-10-25)24-22(26)16-3-6-18(7-4-16)28-15-19-2-1-11-27-19/h3-8,14,19H,1-2,9-13,15H2,(H,24,26). The van der Waals surface area contributed by atoms with Crippen molar-refractivity contribution in [3.05, 3.63) is 53.1 Å². The fraction of sp³-hybridized carbons (Fsp3) is 0.409. The lowest BCUT2D eigenvalue weighted by Gasteiger charge is -2.29. The molecule has 2 aliphatic heterocycles. The van der Waals surface area contributed by atoms with Crippen LogP contribution in [0.1, 0.15) is 23.2 Å². The maximum atomic E-state index is 12.6. The largest absolute Gasteiger partial charge is 0.491 e. The van der Waals surface area contributed by atoms with Crippen molar-refractivity contribution >= 4 is 40.6 Å². The van der Waals surface area contributed by atoms with E-state index < -0.39 is 0 Å². The Bertz CT molecular complexity index is 834. The van der Waals surface area contributed by atoms with Crippen molar-refractivity contribution in [1.29, 1.82) is 0 Å². The van der Waals surface area contributed by atoms with Gasteiger partial charge < -0.3 is 19.7 Å². The van der Waals surface area contributed by atoms with Gasteiger partial charge in [-0.15, -0.1) is 0 Å². The predicted octanol–water partition coefficient (Wildman–Crippen LogP) is 4.70. The highest BCUT2D eigenvalue weighted by Gasteiger charge is 2.17. The van der Waals surface area contributed by atoms with Crippen LogP contribution in [-0.2, 0) is 4.74 Å². The number of carbonyl (C=O) groups is 1. The van der Waals surface area contributed by atoms with Crippen LogP contribution in [0.3, 0.4) is 0 Å². The van der Waals surface area contributed by atoms with Crippen molar-refractivity contribution in [2.75, 3.05) is 48.0 Å². The Kier molecular flexibility index (Phi) is 6.85. The lowest BCUT2D eigenvalue weighted by atomic mass is 10.2. The summed E-state index contributed by atoms with van der Waals surface area (Å²) in [5, 5.41) is 3.58. The molecule has 0 aliphatic carbocycles. The van der Waals surface area contributed by atoms with E-state index in [0.717, 1.165) is 55.5 Å². The Morgan fingerprint density at radius 2 is 2.00 bits per heavy atom. The first kappa shape index (κ1) is 20.4. The summed E-state index contributed by atoms with van der Waals surface area (Å²) in [6.07, 6.45) is 2.31. The number of halogens is 1. The van der Waals surface area contributed by atoms with E-state index in [9.17, 15) is 4.79 Å². The molecule has 2 aromatic carbocycles. The predicted molar refractivity (Wildman–Crippen MR) is 120 cm³/mol. The lowest BCUT2D eigenvalue weighted by molar-refractivity contribution is 0.0679. The van der Waals surface area contributed by atoms with Crippen LogP contribution in [0.2, 0.25) is 5.02 Å². The first-order valence-electron chi connectivity index (χ1n) is 9.97. The third-order valence-electron chi connectivity index (χ3n) is 5.13. The van der Waals surface area contributed by atoms with Crippen molar-refractivity contribution in [1.82, 2.24) is 0 Å². The van der Waals surface area contributed by atoms with E-state index >= 15 is 0 Å². The Labute approximate surface area is 180 Å². The number of ether oxygens (including phenoxy) is 2. The zero-order chi connectivity index (χ0) is 20.1. The fourth-order valence-electron chi connectivity index (χ4n) is 3.52. The monoisotopic (exact) mass is 432 g/mol. The average molecular weight is 433 g/mol. The van der Waals surface area contributed by atoms with Crippen molar-refractivity contribution in [2.24, 2.45) is 0 Å². The van der Waals surface area contributed by atoms with E-state index in [2.05, 4.69) is 10.2 Å². The van der Waals surface area contributed by atoms with E-state index in [1.165, 1.54) is 0 Å². The summed E-state index contributed by atoms with van der Waals surface area (Å²) in [6.45, 7) is 3.36. The maximum absolute atomic E-state index is 12.6. The number of hydrogen-bond acceptors (Lipinski definition) is 5. The number of hydrogen-bond donors (Lipinski definition) is 1. The van der Waals surface area contributed by atoms with Gasteiger partial charge in [0.15, 0.2) is 0 Å². The quantitative estimate of drug-likeness (QED) is 0.716. The molecule has 1 unspecified atom stereocenters. The Morgan fingerprint density at radius 1 is 1.21 bits per heavy atom. The fourth-order valence-corrected chi connectivity index (χ4v) is 4.72. The minimum absolute atomic E-state index is 0.172. The molecule has 0 saturated carbocycles. The van der Waals surface area contributed by atoms with Crippen LogP contribution < -0.4 is 15.0 Å². The van der Waals surface area contributed by atoms with Gasteiger partial charge in [-0.2, -0.15) is 11.8 Å². The number of nitrogens with one attached hydrogen (secondary N) is 1. The summed E-state index contributed by atoms with van der Waals surface area (Å²) < 4.78 is 11.3. The van der Waals surface area contributed by atoms with Crippen LogP contribution in [0.25, 0.3) is 0 Å². The molecule has 2 aliphatic rings. The van der Waals surface area contributed by atoms with Gasteiger partial charge in [-0.1, -0.05) is 11.6 Å². The normalized spacial score (nSPS) is 19.2. The second kappa shape index (κ2) is 9.74. The second-order valence-electron chi connectivity index (χ2n) is 7.19. The van der Waals surface area contributed by atoms with Crippen LogP contribution in [0.4, 0.5) is 11.4 Å². The highest BCUT2D eigenvalue weighted by molar-refractivity contribution is 7.99. The average Bonchev–Trinajstić information content (AvgIpc) is 3.27. The van der Waals surface area contributed by atoms with Gasteiger partial charge in [-0.05, 0) is 55.3 Å². The number of nitrogens with zero attached hydrogens (tertiary/aromatic N) is 1. The SMILES string of the molecule is O=C(Nc1ccc(N2CCSCC2)c(Cl)c1)c1ccc(OCC2CCCO2)cc1. The molecule has 0 bridgehead atoms. The van der Waals surface area contributed by atoms with Crippen molar-refractivity contribution in [3.8, 4) is 5.75 Å². The summed E-state index contributed by atoms with van der Waals surface area (Å²) in [7, 11) is 0. The molecular formula is C22H25ClN2O3S. The van der Waals surface area contributed by atoms with E-state index in [-0.39, 0.29) is 12.0 Å². The summed E-state index contributed by atoms with van der Waals surface area (Å²) in [5.41, 5.74) is 2.29. The number of benzene rings is 2. The molecule has 0 radical (unpaired) electrons. The molecule has 2 fully saturated rings. The lowest BCUT2D eigenvalue weighted by Crippen LogP contribution is -2.32. The minimum atomic E-state index is -0.172. The number of carbonyl (C=O) groups excluding carboxylic acids is 1. The van der Waals surface area contributed by atoms with Crippen LogP contribution in [0.15, 0.2) is 42.5 Å². The van der Waals surface area contributed by atoms with Gasteiger partial charge in [0, 0.05) is 42.5 Å². The molecule has 1 amide bonds. The molecule has 2 saturated heterocycles. The van der Waals surface area contributed by atoms with Crippen LogP contribution in [0.5, 0.6) is 5.75 Å². The van der Waals surface area contributed by atoms with Gasteiger partial charge in [0.25, 0.3) is 5.91 Å². The van der Waals surface area contributed by atoms with E-state index in [4.69, 9.17) is 21.1 Å². The van der Waals surface area contributed by atoms with Crippen LogP contribution >= 0.6 is 23.4 Å². The molecule has 2 heterocycles. The number of amides is 1. The molecule has 2 aromatic rings. The third-order valence-corrected chi connectivity index (χ3v) is 6.38. The molecular weight excluding hydrogens is 408 g/mol. The molecule has 0 spiro atoms. The zero-order valence-corrected chi connectivity index (χ0v) is 17.8. The Hall–Kier alpha value is -1.89. The summed E-state index contributed by atoms with van der Waals surface area (Å²) >= 11 is 8.44. The summed E-state index contributed by atoms with van der Waals surface area (Å²) in [4.78, 5) is 14.9. The first-order chi connectivity index (χ1) is 14.2. The van der Waals surface area contributed by atoms with Crippen LogP contribution in [0, 0.1) is 0 Å².